The Hall–Kier alpha value is -1.36. The lowest BCUT2D eigenvalue weighted by molar-refractivity contribution is -0.140. The van der Waals surface area contributed by atoms with E-state index in [1.54, 1.807) is 10.9 Å². The van der Waals surface area contributed by atoms with Gasteiger partial charge in [-0.1, -0.05) is 0 Å². The number of carboxylic acid groups (broad SMARTS) is 1. The third-order valence-electron chi connectivity index (χ3n) is 2.46. The van der Waals surface area contributed by atoms with E-state index in [-0.39, 0.29) is 12.5 Å². The van der Waals surface area contributed by atoms with E-state index in [0.29, 0.717) is 6.61 Å². The number of aryl methyl sites for hydroxylation is 1. The molecule has 1 atom stereocenters. The number of rotatable bonds is 2. The van der Waals surface area contributed by atoms with Crippen molar-refractivity contribution in [1.29, 1.82) is 0 Å². The lowest BCUT2D eigenvalue weighted by atomic mass is 10.0. The highest BCUT2D eigenvalue weighted by Crippen LogP contribution is 2.28. The molecule has 76 valence electrons. The van der Waals surface area contributed by atoms with E-state index in [9.17, 15) is 4.79 Å². The summed E-state index contributed by atoms with van der Waals surface area (Å²) in [6, 6.07) is 0. The number of hydrogen-bond donors (Lipinski definition) is 1. The summed E-state index contributed by atoms with van der Waals surface area (Å²) < 4.78 is 7.18. The van der Waals surface area contributed by atoms with Gasteiger partial charge in [-0.05, 0) is 0 Å². The van der Waals surface area contributed by atoms with Gasteiger partial charge in [0, 0.05) is 24.7 Å². The molecule has 5 nitrogen and oxygen atoms in total. The van der Waals surface area contributed by atoms with Crippen LogP contribution in [0.25, 0.3) is 0 Å². The Bertz CT molecular complexity index is 359. The minimum Gasteiger partial charge on any atom is -0.481 e. The molecule has 14 heavy (non-hydrogen) atoms. The van der Waals surface area contributed by atoms with E-state index in [1.165, 1.54) is 0 Å². The lowest BCUT2D eigenvalue weighted by Gasteiger charge is -2.21. The number of carbonyl (C=O) groups is 1. The van der Waals surface area contributed by atoms with Crippen LogP contribution < -0.4 is 0 Å². The van der Waals surface area contributed by atoms with Crippen LogP contribution in [-0.4, -0.2) is 27.5 Å². The van der Waals surface area contributed by atoms with Crippen molar-refractivity contribution in [1.82, 2.24) is 9.78 Å². The Morgan fingerprint density at radius 2 is 2.64 bits per heavy atom. The number of nitrogens with zero attached hydrogens (tertiary/aromatic N) is 2. The molecule has 1 aromatic rings. The van der Waals surface area contributed by atoms with Crippen LogP contribution in [0.15, 0.2) is 6.20 Å². The largest absolute Gasteiger partial charge is 0.481 e. The molecule has 1 aromatic heterocycles. The van der Waals surface area contributed by atoms with Gasteiger partial charge in [-0.15, -0.1) is 0 Å². The first kappa shape index (κ1) is 9.21. The number of aromatic nitrogens is 2. The Balaban J connectivity index is 2.27. The first-order valence-corrected chi connectivity index (χ1v) is 4.52. The molecule has 0 unspecified atom stereocenters. The van der Waals surface area contributed by atoms with Crippen molar-refractivity contribution in [2.24, 2.45) is 7.05 Å². The Kier molecular flexibility index (Phi) is 2.25. The van der Waals surface area contributed by atoms with Gasteiger partial charge in [0.1, 0.15) is 0 Å². The van der Waals surface area contributed by atoms with Crippen molar-refractivity contribution in [2.75, 3.05) is 6.61 Å². The maximum Gasteiger partial charge on any atom is 0.306 e. The third-order valence-corrected chi connectivity index (χ3v) is 2.46. The maximum absolute atomic E-state index is 10.6. The van der Waals surface area contributed by atoms with Crippen LogP contribution in [-0.2, 0) is 23.0 Å². The van der Waals surface area contributed by atoms with Gasteiger partial charge in [0.25, 0.3) is 0 Å². The summed E-state index contributed by atoms with van der Waals surface area (Å²) in [5, 5.41) is 12.8. The van der Waals surface area contributed by atoms with Crippen LogP contribution in [0.1, 0.15) is 23.8 Å². The second-order valence-corrected chi connectivity index (χ2v) is 3.38. The SMILES string of the molecule is Cn1ncc2c1CCO[C@H]2CC(=O)O. The summed E-state index contributed by atoms with van der Waals surface area (Å²) in [6.45, 7) is 0.574. The van der Waals surface area contributed by atoms with Gasteiger partial charge in [0.2, 0.25) is 0 Å². The summed E-state index contributed by atoms with van der Waals surface area (Å²) >= 11 is 0. The molecule has 2 rings (SSSR count). The van der Waals surface area contributed by atoms with Gasteiger partial charge in [-0.3, -0.25) is 9.48 Å². The average Bonchev–Trinajstić information content (AvgIpc) is 2.49. The molecule has 1 aliphatic heterocycles. The fourth-order valence-electron chi connectivity index (χ4n) is 1.77. The molecular weight excluding hydrogens is 184 g/mol. The highest BCUT2D eigenvalue weighted by molar-refractivity contribution is 5.67. The average molecular weight is 196 g/mol. The standard InChI is InChI=1S/C9H12N2O3/c1-11-7-2-3-14-8(4-9(12)13)6(7)5-10-11/h5,8H,2-4H2,1H3,(H,12,13)/t8-/m0/s1. The zero-order chi connectivity index (χ0) is 10.1. The molecule has 0 saturated heterocycles. The zero-order valence-corrected chi connectivity index (χ0v) is 7.93. The fraction of sp³-hybridized carbons (Fsp3) is 0.556. The third kappa shape index (κ3) is 1.50. The normalized spacial score (nSPS) is 20.5. The number of ether oxygens (including phenoxy) is 1. The number of aliphatic carboxylic acids is 1. The Morgan fingerprint density at radius 3 is 3.36 bits per heavy atom. The molecule has 5 heteroatoms. The highest BCUT2D eigenvalue weighted by Gasteiger charge is 2.25. The molecule has 0 aliphatic carbocycles. The maximum atomic E-state index is 10.6. The van der Waals surface area contributed by atoms with Crippen LogP contribution in [0.4, 0.5) is 0 Å². The van der Waals surface area contributed by atoms with E-state index in [2.05, 4.69) is 5.10 Å². The van der Waals surface area contributed by atoms with Crippen LogP contribution in [0.5, 0.6) is 0 Å². The molecule has 0 bridgehead atoms. The molecule has 0 radical (unpaired) electrons. The molecule has 0 aromatic carbocycles. The number of hydrogen-bond acceptors (Lipinski definition) is 3. The van der Waals surface area contributed by atoms with Crippen molar-refractivity contribution in [2.45, 2.75) is 18.9 Å². The zero-order valence-electron chi connectivity index (χ0n) is 7.93. The van der Waals surface area contributed by atoms with Gasteiger partial charge in [-0.2, -0.15) is 5.10 Å². The molecule has 0 saturated carbocycles. The fourth-order valence-corrected chi connectivity index (χ4v) is 1.77. The summed E-state index contributed by atoms with van der Waals surface area (Å²) in [5.41, 5.74) is 2.00. The first-order valence-electron chi connectivity index (χ1n) is 4.52. The number of fused-ring (bicyclic) bond motifs is 1. The van der Waals surface area contributed by atoms with E-state index < -0.39 is 5.97 Å². The number of carboxylic acids is 1. The van der Waals surface area contributed by atoms with Gasteiger partial charge in [0.05, 0.1) is 25.3 Å². The Morgan fingerprint density at radius 1 is 1.86 bits per heavy atom. The highest BCUT2D eigenvalue weighted by atomic mass is 16.5. The van der Waals surface area contributed by atoms with Gasteiger partial charge < -0.3 is 9.84 Å². The summed E-state index contributed by atoms with van der Waals surface area (Å²) in [7, 11) is 1.86. The minimum atomic E-state index is -0.841. The second-order valence-electron chi connectivity index (χ2n) is 3.38. The summed E-state index contributed by atoms with van der Waals surface area (Å²) in [6.07, 6.45) is 2.19. The molecule has 0 fully saturated rings. The van der Waals surface area contributed by atoms with E-state index in [0.717, 1.165) is 17.7 Å². The van der Waals surface area contributed by atoms with Crippen molar-refractivity contribution in [3.8, 4) is 0 Å². The van der Waals surface area contributed by atoms with Crippen molar-refractivity contribution >= 4 is 5.97 Å². The molecule has 2 heterocycles. The minimum absolute atomic E-state index is 0.0126. The summed E-state index contributed by atoms with van der Waals surface area (Å²) in [5.74, 6) is -0.841. The smallest absolute Gasteiger partial charge is 0.306 e. The predicted molar refractivity (Wildman–Crippen MR) is 47.9 cm³/mol. The van der Waals surface area contributed by atoms with Crippen LogP contribution in [0, 0.1) is 0 Å². The van der Waals surface area contributed by atoms with E-state index >= 15 is 0 Å². The van der Waals surface area contributed by atoms with Crippen molar-refractivity contribution in [3.05, 3.63) is 17.5 Å². The molecule has 0 amide bonds. The van der Waals surface area contributed by atoms with Crippen LogP contribution in [0.3, 0.4) is 0 Å². The van der Waals surface area contributed by atoms with Gasteiger partial charge >= 0.3 is 5.97 Å². The van der Waals surface area contributed by atoms with E-state index in [1.807, 2.05) is 7.05 Å². The van der Waals surface area contributed by atoms with E-state index in [4.69, 9.17) is 9.84 Å². The molecular formula is C9H12N2O3. The topological polar surface area (TPSA) is 64.4 Å². The first-order chi connectivity index (χ1) is 6.68. The van der Waals surface area contributed by atoms with Crippen LogP contribution in [0.2, 0.25) is 0 Å². The van der Waals surface area contributed by atoms with Gasteiger partial charge in [-0.25, -0.2) is 0 Å². The Labute approximate surface area is 81.3 Å². The quantitative estimate of drug-likeness (QED) is 0.748. The van der Waals surface area contributed by atoms with Crippen molar-refractivity contribution < 1.29 is 14.6 Å². The van der Waals surface area contributed by atoms with Crippen molar-refractivity contribution in [3.63, 3.8) is 0 Å². The lowest BCUT2D eigenvalue weighted by Crippen LogP contribution is -2.19. The van der Waals surface area contributed by atoms with Crippen LogP contribution >= 0.6 is 0 Å². The predicted octanol–water partition coefficient (Wildman–Crippen LogP) is 0.509. The molecule has 1 N–H and O–H groups in total. The molecule has 0 spiro atoms. The van der Waals surface area contributed by atoms with Gasteiger partial charge in [0.15, 0.2) is 0 Å². The molecule has 1 aliphatic rings. The summed E-state index contributed by atoms with van der Waals surface area (Å²) in [4.78, 5) is 10.6. The second kappa shape index (κ2) is 3.42. The monoisotopic (exact) mass is 196 g/mol.